The molecular weight excluding hydrogens is 320 g/mol. The first-order valence-corrected chi connectivity index (χ1v) is 9.88. The van der Waals surface area contributed by atoms with Crippen molar-refractivity contribution in [3.05, 3.63) is 29.8 Å². The average molecular weight is 346 g/mol. The molecule has 130 valence electrons. The fraction of sp³-hybridized carbons (Fsp3) is 0.579. The number of rotatable bonds is 4. The van der Waals surface area contributed by atoms with Gasteiger partial charge in [-0.05, 0) is 44.2 Å². The molecule has 0 unspecified atom stereocenters. The van der Waals surface area contributed by atoms with Crippen LogP contribution in [0, 0.1) is 12.8 Å². The molecular formula is C19H26N2O2S. The molecule has 1 aromatic rings. The van der Waals surface area contributed by atoms with E-state index in [4.69, 9.17) is 0 Å². The highest BCUT2D eigenvalue weighted by Gasteiger charge is 2.32. The summed E-state index contributed by atoms with van der Waals surface area (Å²) in [4.78, 5) is 30.2. The molecule has 2 amide bonds. The molecule has 1 atom stereocenters. The molecule has 2 saturated heterocycles. The molecule has 0 aliphatic carbocycles. The van der Waals surface area contributed by atoms with Crippen molar-refractivity contribution in [1.29, 1.82) is 0 Å². The lowest BCUT2D eigenvalue weighted by atomic mass is 9.96. The van der Waals surface area contributed by atoms with Gasteiger partial charge in [0.2, 0.25) is 11.8 Å². The summed E-state index contributed by atoms with van der Waals surface area (Å²) >= 11 is 1.60. The normalized spacial score (nSPS) is 21.1. The minimum absolute atomic E-state index is 0.00395. The van der Waals surface area contributed by atoms with Crippen LogP contribution in [-0.2, 0) is 9.59 Å². The van der Waals surface area contributed by atoms with Crippen molar-refractivity contribution in [3.63, 3.8) is 0 Å². The number of likely N-dealkylation sites (tertiary alicyclic amines) is 2. The topological polar surface area (TPSA) is 40.6 Å². The maximum absolute atomic E-state index is 12.6. The number of nitrogens with zero attached hydrogens (tertiary/aromatic N) is 2. The fourth-order valence-electron chi connectivity index (χ4n) is 3.55. The molecule has 2 aliphatic rings. The maximum atomic E-state index is 12.6. The van der Waals surface area contributed by atoms with Gasteiger partial charge in [-0.3, -0.25) is 9.59 Å². The van der Waals surface area contributed by atoms with Crippen molar-refractivity contribution >= 4 is 23.6 Å². The number of thioether (sulfide) groups is 1. The van der Waals surface area contributed by atoms with Crippen LogP contribution in [0.1, 0.15) is 31.2 Å². The Bertz CT molecular complexity index is 599. The highest BCUT2D eigenvalue weighted by molar-refractivity contribution is 8.00. The minimum Gasteiger partial charge on any atom is -0.342 e. The standard InChI is InChI=1S/C19H26N2O2S/c1-15-7-2-3-9-17(15)24-14-18(22)21-12-6-8-16(13-21)19(23)20-10-4-5-11-20/h2-3,7,9,16H,4-6,8,10-14H2,1H3/t16-/m1/s1. The van der Waals surface area contributed by atoms with E-state index >= 15 is 0 Å². The van der Waals surface area contributed by atoms with E-state index in [9.17, 15) is 9.59 Å². The second-order valence-corrected chi connectivity index (χ2v) is 7.78. The van der Waals surface area contributed by atoms with Crippen molar-refractivity contribution in [2.75, 3.05) is 31.9 Å². The fourth-order valence-corrected chi connectivity index (χ4v) is 4.48. The van der Waals surface area contributed by atoms with Crippen LogP contribution in [0.3, 0.4) is 0 Å². The molecule has 0 radical (unpaired) electrons. The van der Waals surface area contributed by atoms with Crippen LogP contribution < -0.4 is 0 Å². The molecule has 1 aromatic carbocycles. The van der Waals surface area contributed by atoms with E-state index in [-0.39, 0.29) is 17.7 Å². The molecule has 5 heteroatoms. The zero-order chi connectivity index (χ0) is 16.9. The number of aryl methyl sites for hydroxylation is 1. The van der Waals surface area contributed by atoms with Crippen molar-refractivity contribution in [2.24, 2.45) is 5.92 Å². The molecule has 2 heterocycles. The van der Waals surface area contributed by atoms with Gasteiger partial charge in [0.05, 0.1) is 11.7 Å². The van der Waals surface area contributed by atoms with Gasteiger partial charge in [0.25, 0.3) is 0 Å². The van der Waals surface area contributed by atoms with E-state index in [0.717, 1.165) is 50.2 Å². The molecule has 0 aromatic heterocycles. The summed E-state index contributed by atoms with van der Waals surface area (Å²) in [5.41, 5.74) is 1.20. The first kappa shape index (κ1) is 17.3. The van der Waals surface area contributed by atoms with E-state index < -0.39 is 0 Å². The second-order valence-electron chi connectivity index (χ2n) is 6.77. The Kier molecular flexibility index (Phi) is 5.82. The van der Waals surface area contributed by atoms with E-state index in [1.165, 1.54) is 5.56 Å². The first-order valence-electron chi connectivity index (χ1n) is 8.90. The van der Waals surface area contributed by atoms with Gasteiger partial charge in [-0.1, -0.05) is 18.2 Å². The predicted octanol–water partition coefficient (Wildman–Crippen LogP) is 2.95. The third-order valence-electron chi connectivity index (χ3n) is 4.99. The van der Waals surface area contributed by atoms with Gasteiger partial charge in [-0.2, -0.15) is 0 Å². The number of benzene rings is 1. The number of carbonyl (C=O) groups is 2. The Hall–Kier alpha value is -1.49. The Morgan fingerprint density at radius 3 is 2.54 bits per heavy atom. The lowest BCUT2D eigenvalue weighted by Gasteiger charge is -2.34. The van der Waals surface area contributed by atoms with E-state index in [2.05, 4.69) is 19.1 Å². The predicted molar refractivity (Wildman–Crippen MR) is 97.0 cm³/mol. The molecule has 0 N–H and O–H groups in total. The minimum atomic E-state index is 0.00395. The van der Waals surface area contributed by atoms with E-state index in [1.54, 1.807) is 11.8 Å². The van der Waals surface area contributed by atoms with Gasteiger partial charge in [-0.25, -0.2) is 0 Å². The van der Waals surface area contributed by atoms with Crippen LogP contribution in [0.25, 0.3) is 0 Å². The molecule has 3 rings (SSSR count). The first-order chi connectivity index (χ1) is 11.6. The zero-order valence-corrected chi connectivity index (χ0v) is 15.2. The van der Waals surface area contributed by atoms with Crippen molar-refractivity contribution in [2.45, 2.75) is 37.5 Å². The van der Waals surface area contributed by atoms with Gasteiger partial charge in [0.15, 0.2) is 0 Å². The maximum Gasteiger partial charge on any atom is 0.232 e. The molecule has 4 nitrogen and oxygen atoms in total. The molecule has 2 fully saturated rings. The van der Waals surface area contributed by atoms with Gasteiger partial charge < -0.3 is 9.80 Å². The van der Waals surface area contributed by atoms with Crippen molar-refractivity contribution in [3.8, 4) is 0 Å². The SMILES string of the molecule is Cc1ccccc1SCC(=O)N1CCC[C@@H](C(=O)N2CCCC2)C1. The number of piperidine rings is 1. The lowest BCUT2D eigenvalue weighted by Crippen LogP contribution is -2.46. The summed E-state index contributed by atoms with van der Waals surface area (Å²) in [6.07, 6.45) is 4.09. The number of carbonyl (C=O) groups excluding carboxylic acids is 2. The summed E-state index contributed by atoms with van der Waals surface area (Å²) in [6, 6.07) is 8.15. The third kappa shape index (κ3) is 4.12. The second kappa shape index (κ2) is 8.06. The zero-order valence-electron chi connectivity index (χ0n) is 14.4. The summed E-state index contributed by atoms with van der Waals surface area (Å²) in [5.74, 6) is 0.873. The number of hydrogen-bond donors (Lipinski definition) is 0. The highest BCUT2D eigenvalue weighted by Crippen LogP contribution is 2.25. The lowest BCUT2D eigenvalue weighted by molar-refractivity contribution is -0.139. The van der Waals surface area contributed by atoms with Crippen LogP contribution in [0.2, 0.25) is 0 Å². The van der Waals surface area contributed by atoms with Crippen LogP contribution in [0.15, 0.2) is 29.2 Å². The Morgan fingerprint density at radius 1 is 1.08 bits per heavy atom. The van der Waals surface area contributed by atoms with Crippen molar-refractivity contribution < 1.29 is 9.59 Å². The summed E-state index contributed by atoms with van der Waals surface area (Å²) < 4.78 is 0. The molecule has 0 spiro atoms. The van der Waals surface area contributed by atoms with Crippen LogP contribution >= 0.6 is 11.8 Å². The van der Waals surface area contributed by atoms with Gasteiger partial charge in [0.1, 0.15) is 0 Å². The molecule has 2 aliphatic heterocycles. The third-order valence-corrected chi connectivity index (χ3v) is 6.15. The van der Waals surface area contributed by atoms with Crippen LogP contribution in [-0.4, -0.2) is 53.5 Å². The summed E-state index contributed by atoms with van der Waals surface area (Å²) in [7, 11) is 0. The van der Waals surface area contributed by atoms with Gasteiger partial charge >= 0.3 is 0 Å². The van der Waals surface area contributed by atoms with Crippen LogP contribution in [0.5, 0.6) is 0 Å². The largest absolute Gasteiger partial charge is 0.342 e. The van der Waals surface area contributed by atoms with Gasteiger partial charge in [-0.15, -0.1) is 11.8 Å². The summed E-state index contributed by atoms with van der Waals surface area (Å²) in [6.45, 7) is 5.25. The van der Waals surface area contributed by atoms with E-state index in [0.29, 0.717) is 12.3 Å². The molecule has 0 bridgehead atoms. The Balaban J connectivity index is 1.53. The van der Waals surface area contributed by atoms with Crippen LogP contribution in [0.4, 0.5) is 0 Å². The number of hydrogen-bond acceptors (Lipinski definition) is 3. The molecule has 0 saturated carbocycles. The smallest absolute Gasteiger partial charge is 0.232 e. The van der Waals surface area contributed by atoms with Crippen molar-refractivity contribution in [1.82, 2.24) is 9.80 Å². The highest BCUT2D eigenvalue weighted by atomic mass is 32.2. The summed E-state index contributed by atoms with van der Waals surface area (Å²) in [5, 5.41) is 0. The monoisotopic (exact) mass is 346 g/mol. The van der Waals surface area contributed by atoms with E-state index in [1.807, 2.05) is 21.9 Å². The molecule has 24 heavy (non-hydrogen) atoms. The average Bonchev–Trinajstić information content (AvgIpc) is 3.15. The Morgan fingerprint density at radius 2 is 1.79 bits per heavy atom. The number of amides is 2. The quantitative estimate of drug-likeness (QED) is 0.787. The Labute approximate surface area is 148 Å². The van der Waals surface area contributed by atoms with Gasteiger partial charge in [0, 0.05) is 31.1 Å².